The molecular formula is C28H25NS. The van der Waals surface area contributed by atoms with Crippen LogP contribution in [0.25, 0.3) is 42.6 Å². The van der Waals surface area contributed by atoms with Gasteiger partial charge in [0.25, 0.3) is 0 Å². The highest BCUT2D eigenvalue weighted by Crippen LogP contribution is 2.39. The molecule has 0 amide bonds. The Morgan fingerprint density at radius 1 is 0.833 bits per heavy atom. The first kappa shape index (κ1) is 16.8. The average Bonchev–Trinajstić information content (AvgIpc) is 3.17. The van der Waals surface area contributed by atoms with Crippen LogP contribution in [0.3, 0.4) is 0 Å². The van der Waals surface area contributed by atoms with E-state index in [0.717, 1.165) is 22.4 Å². The first-order chi connectivity index (χ1) is 15.3. The molecule has 0 atom stereocenters. The molecule has 0 saturated carbocycles. The molecule has 1 nitrogen and oxygen atoms in total. The highest BCUT2D eigenvalue weighted by molar-refractivity contribution is 7.26. The van der Waals surface area contributed by atoms with Gasteiger partial charge in [0.1, 0.15) is 0 Å². The number of hydrogen-bond acceptors (Lipinski definition) is 2. The first-order valence-electron chi connectivity index (χ1n) is 11.2. The lowest BCUT2D eigenvalue weighted by Gasteiger charge is -2.18. The third-order valence-electron chi connectivity index (χ3n) is 5.18. The summed E-state index contributed by atoms with van der Waals surface area (Å²) < 4.78 is 19.6. The van der Waals surface area contributed by atoms with Crippen LogP contribution < -0.4 is 0 Å². The van der Waals surface area contributed by atoms with Crippen LogP contribution in [0.15, 0.2) is 85.1 Å². The molecule has 0 spiro atoms. The van der Waals surface area contributed by atoms with Crippen LogP contribution in [0.4, 0.5) is 0 Å². The Kier molecular flexibility index (Phi) is 4.13. The normalized spacial score (nSPS) is 13.4. The SMILES string of the molecule is [2H]C([2H])(c1ccc(-c2ccnc(-c3cccc4c3sc3ccccc34)c2)cc1)C(C)(C)C. The Morgan fingerprint density at radius 2 is 1.60 bits per heavy atom. The minimum absolute atomic E-state index is 0.471. The summed E-state index contributed by atoms with van der Waals surface area (Å²) >= 11 is 1.81. The fourth-order valence-electron chi connectivity index (χ4n) is 3.89. The fraction of sp³-hybridized carbons (Fsp3) is 0.179. The van der Waals surface area contributed by atoms with Crippen LogP contribution in [0.5, 0.6) is 0 Å². The number of hydrogen-bond donors (Lipinski definition) is 0. The highest BCUT2D eigenvalue weighted by Gasteiger charge is 2.13. The van der Waals surface area contributed by atoms with Crippen molar-refractivity contribution < 1.29 is 2.74 Å². The minimum Gasteiger partial charge on any atom is -0.256 e. The average molecular weight is 410 g/mol. The molecule has 0 saturated heterocycles. The van der Waals surface area contributed by atoms with Gasteiger partial charge in [0.2, 0.25) is 0 Å². The number of aromatic nitrogens is 1. The summed E-state index contributed by atoms with van der Waals surface area (Å²) in [6.07, 6.45) is 0.463. The van der Waals surface area contributed by atoms with Gasteiger partial charge in [-0.3, -0.25) is 4.98 Å². The van der Waals surface area contributed by atoms with Gasteiger partial charge in [0.15, 0.2) is 0 Å². The van der Waals surface area contributed by atoms with Gasteiger partial charge in [-0.25, -0.2) is 0 Å². The zero-order chi connectivity index (χ0) is 22.5. The number of rotatable bonds is 3. The molecule has 3 aromatic carbocycles. The van der Waals surface area contributed by atoms with Crippen LogP contribution >= 0.6 is 11.3 Å². The third kappa shape index (κ3) is 3.64. The summed E-state index contributed by atoms with van der Waals surface area (Å²) in [6, 6.07) is 27.0. The molecular weight excluding hydrogens is 382 g/mol. The second kappa shape index (κ2) is 7.37. The quantitative estimate of drug-likeness (QED) is 0.292. The van der Waals surface area contributed by atoms with Gasteiger partial charge < -0.3 is 0 Å². The van der Waals surface area contributed by atoms with Gasteiger partial charge in [0, 0.05) is 34.7 Å². The van der Waals surface area contributed by atoms with Crippen molar-refractivity contribution in [3.05, 3.63) is 90.6 Å². The van der Waals surface area contributed by atoms with E-state index in [1.54, 1.807) is 0 Å². The van der Waals surface area contributed by atoms with Gasteiger partial charge in [0.05, 0.1) is 5.69 Å². The number of nitrogens with zero attached hydrogens (tertiary/aromatic N) is 1. The third-order valence-corrected chi connectivity index (χ3v) is 6.40. The van der Waals surface area contributed by atoms with E-state index in [2.05, 4.69) is 48.5 Å². The molecule has 2 heteroatoms. The Bertz CT molecular complexity index is 1430. The van der Waals surface area contributed by atoms with Crippen LogP contribution in [0, 0.1) is 5.41 Å². The predicted octanol–water partition coefficient (Wildman–Crippen LogP) is 8.37. The van der Waals surface area contributed by atoms with E-state index in [-0.39, 0.29) is 0 Å². The minimum atomic E-state index is -1.40. The lowest BCUT2D eigenvalue weighted by Crippen LogP contribution is -2.08. The number of pyridine rings is 1. The maximum Gasteiger partial charge on any atom is 0.0722 e. The summed E-state index contributed by atoms with van der Waals surface area (Å²) in [6.45, 7) is 5.81. The Morgan fingerprint density at radius 3 is 2.40 bits per heavy atom. The molecule has 0 N–H and O–H groups in total. The van der Waals surface area contributed by atoms with Gasteiger partial charge in [-0.1, -0.05) is 81.4 Å². The second-order valence-electron chi connectivity index (χ2n) is 8.66. The molecule has 0 fully saturated rings. The zero-order valence-electron chi connectivity index (χ0n) is 19.4. The highest BCUT2D eigenvalue weighted by atomic mass is 32.1. The van der Waals surface area contributed by atoms with E-state index < -0.39 is 11.8 Å². The molecule has 2 heterocycles. The van der Waals surface area contributed by atoms with Gasteiger partial charge >= 0.3 is 0 Å². The molecule has 0 aliphatic rings. The zero-order valence-corrected chi connectivity index (χ0v) is 18.3. The molecule has 0 radical (unpaired) electrons. The van der Waals surface area contributed by atoms with Gasteiger partial charge in [-0.15, -0.1) is 11.3 Å². The molecule has 2 aromatic heterocycles. The second-order valence-corrected chi connectivity index (χ2v) is 9.71. The van der Waals surface area contributed by atoms with E-state index in [1.807, 2.05) is 68.6 Å². The Labute approximate surface area is 184 Å². The van der Waals surface area contributed by atoms with Gasteiger partial charge in [-0.05, 0) is 46.7 Å². The van der Waals surface area contributed by atoms with Crippen LogP contribution in [0.2, 0.25) is 0 Å². The smallest absolute Gasteiger partial charge is 0.0722 e. The van der Waals surface area contributed by atoms with Crippen LogP contribution in [-0.4, -0.2) is 4.98 Å². The van der Waals surface area contributed by atoms with Crippen molar-refractivity contribution in [2.24, 2.45) is 5.41 Å². The monoisotopic (exact) mass is 409 g/mol. The topological polar surface area (TPSA) is 12.9 Å². The fourth-order valence-corrected chi connectivity index (χ4v) is 5.11. The summed E-state index contributed by atoms with van der Waals surface area (Å²) in [7, 11) is 0. The van der Waals surface area contributed by atoms with Gasteiger partial charge in [-0.2, -0.15) is 0 Å². The molecule has 5 rings (SSSR count). The van der Waals surface area contributed by atoms with Crippen molar-refractivity contribution in [3.8, 4) is 22.4 Å². The molecule has 0 aliphatic heterocycles. The van der Waals surface area contributed by atoms with Crippen molar-refractivity contribution >= 4 is 31.5 Å². The van der Waals surface area contributed by atoms with Crippen molar-refractivity contribution in [3.63, 3.8) is 0 Å². The Balaban J connectivity index is 1.56. The van der Waals surface area contributed by atoms with E-state index in [1.165, 1.54) is 20.2 Å². The Hall–Kier alpha value is -2.97. The predicted molar refractivity (Wildman–Crippen MR) is 131 cm³/mol. The van der Waals surface area contributed by atoms with E-state index in [9.17, 15) is 0 Å². The molecule has 0 unspecified atom stereocenters. The summed E-state index contributed by atoms with van der Waals surface area (Å²) in [5, 5.41) is 2.55. The standard InChI is InChI=1S/C28H25NS/c1-28(2,3)18-19-11-13-20(14-12-19)21-15-16-29-25(17-21)24-9-6-8-23-22-7-4-5-10-26(22)30-27(23)24/h4-17H,18H2,1-3H3/i18D2. The van der Waals surface area contributed by atoms with Crippen molar-refractivity contribution in [2.75, 3.05) is 0 Å². The maximum absolute atomic E-state index is 8.52. The molecule has 30 heavy (non-hydrogen) atoms. The lowest BCUT2D eigenvalue weighted by molar-refractivity contribution is 0.411. The summed E-state index contributed by atoms with van der Waals surface area (Å²) in [4.78, 5) is 4.69. The molecule has 0 aliphatic carbocycles. The lowest BCUT2D eigenvalue weighted by atomic mass is 9.87. The van der Waals surface area contributed by atoms with E-state index in [0.29, 0.717) is 5.56 Å². The number of benzene rings is 3. The van der Waals surface area contributed by atoms with E-state index in [4.69, 9.17) is 7.73 Å². The van der Waals surface area contributed by atoms with E-state index >= 15 is 0 Å². The summed E-state index contributed by atoms with van der Waals surface area (Å²) in [5.74, 6) is 0. The van der Waals surface area contributed by atoms with Crippen LogP contribution in [-0.2, 0) is 6.37 Å². The maximum atomic E-state index is 8.52. The van der Waals surface area contributed by atoms with Crippen molar-refractivity contribution in [1.29, 1.82) is 0 Å². The first-order valence-corrected chi connectivity index (χ1v) is 11.0. The number of thiophene rings is 1. The molecule has 0 bridgehead atoms. The largest absolute Gasteiger partial charge is 0.256 e. The van der Waals surface area contributed by atoms with Crippen LogP contribution in [0.1, 0.15) is 29.1 Å². The summed E-state index contributed by atoms with van der Waals surface area (Å²) in [5.41, 5.74) is 4.47. The van der Waals surface area contributed by atoms with Crippen molar-refractivity contribution in [1.82, 2.24) is 4.98 Å². The molecule has 5 aromatic rings. The molecule has 148 valence electrons. The van der Waals surface area contributed by atoms with Crippen molar-refractivity contribution in [2.45, 2.75) is 27.1 Å². The number of fused-ring (bicyclic) bond motifs is 3.